The molecule has 15 heavy (non-hydrogen) atoms. The number of rotatable bonds is 5. The monoisotopic (exact) mass is 207 g/mol. The maximum Gasteiger partial charge on any atom is 0.0367 e. The van der Waals surface area contributed by atoms with Gasteiger partial charge in [0, 0.05) is 32.4 Å². The smallest absolute Gasteiger partial charge is 0.0367 e. The molecule has 1 rings (SSSR count). The number of likely N-dealkylation sites (N-methyl/N-ethyl adjacent to an activating group) is 2. The highest BCUT2D eigenvalue weighted by Gasteiger charge is 2.01. The van der Waals surface area contributed by atoms with E-state index in [1.807, 2.05) is 0 Å². The van der Waals surface area contributed by atoms with Gasteiger partial charge < -0.3 is 15.5 Å². The van der Waals surface area contributed by atoms with Crippen molar-refractivity contribution in [2.75, 3.05) is 39.1 Å². The topological polar surface area (TPSA) is 32.5 Å². The van der Waals surface area contributed by atoms with E-state index in [1.54, 1.807) is 0 Å². The van der Waals surface area contributed by atoms with Crippen LogP contribution in [0.5, 0.6) is 0 Å². The first-order valence-corrected chi connectivity index (χ1v) is 5.28. The molecule has 0 aliphatic heterocycles. The zero-order valence-corrected chi connectivity index (χ0v) is 9.90. The van der Waals surface area contributed by atoms with Crippen LogP contribution >= 0.6 is 0 Å². The maximum atomic E-state index is 5.61. The molecule has 2 N–H and O–H groups in total. The summed E-state index contributed by atoms with van der Waals surface area (Å²) in [6.45, 7) is 2.69. The third-order valence-electron chi connectivity index (χ3n) is 2.47. The Kier molecular flexibility index (Phi) is 4.59. The van der Waals surface area contributed by atoms with Gasteiger partial charge in [-0.05, 0) is 31.8 Å². The maximum absolute atomic E-state index is 5.61. The first-order chi connectivity index (χ1) is 7.13. The van der Waals surface area contributed by atoms with Crippen LogP contribution in [0, 0.1) is 0 Å². The summed E-state index contributed by atoms with van der Waals surface area (Å²) < 4.78 is 0. The Balaban J connectivity index is 2.60. The predicted octanol–water partition coefficient (Wildman–Crippen LogP) is 1.14. The molecule has 3 nitrogen and oxygen atoms in total. The summed E-state index contributed by atoms with van der Waals surface area (Å²) >= 11 is 0. The Bertz CT molecular complexity index is 297. The average Bonchev–Trinajstić information content (AvgIpc) is 2.26. The number of anilines is 1. The van der Waals surface area contributed by atoms with Gasteiger partial charge in [0.2, 0.25) is 0 Å². The number of hydrogen-bond acceptors (Lipinski definition) is 3. The predicted molar refractivity (Wildman–Crippen MR) is 66.2 cm³/mol. The van der Waals surface area contributed by atoms with Gasteiger partial charge in [0.05, 0.1) is 0 Å². The molecule has 0 bridgehead atoms. The van der Waals surface area contributed by atoms with Crippen LogP contribution in [0.4, 0.5) is 5.69 Å². The van der Waals surface area contributed by atoms with Gasteiger partial charge >= 0.3 is 0 Å². The molecule has 0 aromatic heterocycles. The molecule has 0 heterocycles. The van der Waals surface area contributed by atoms with Crippen LogP contribution in [0.1, 0.15) is 5.56 Å². The fourth-order valence-electron chi connectivity index (χ4n) is 1.40. The van der Waals surface area contributed by atoms with Crippen LogP contribution in [0.25, 0.3) is 0 Å². The summed E-state index contributed by atoms with van der Waals surface area (Å²) in [5, 5.41) is 0. The van der Waals surface area contributed by atoms with E-state index in [0.717, 1.165) is 13.1 Å². The van der Waals surface area contributed by atoms with Gasteiger partial charge in [-0.25, -0.2) is 0 Å². The molecule has 1 aromatic carbocycles. The van der Waals surface area contributed by atoms with Crippen LogP contribution in [0.2, 0.25) is 0 Å². The van der Waals surface area contributed by atoms with Crippen molar-refractivity contribution in [3.63, 3.8) is 0 Å². The van der Waals surface area contributed by atoms with E-state index in [4.69, 9.17) is 5.73 Å². The third kappa shape index (κ3) is 3.90. The van der Waals surface area contributed by atoms with E-state index >= 15 is 0 Å². The molecule has 0 fully saturated rings. The Morgan fingerprint density at radius 3 is 2.47 bits per heavy atom. The second-order valence-electron chi connectivity index (χ2n) is 4.10. The summed E-state index contributed by atoms with van der Waals surface area (Å²) in [6, 6.07) is 8.39. The lowest BCUT2D eigenvalue weighted by atomic mass is 10.2. The molecule has 0 spiro atoms. The van der Waals surface area contributed by atoms with Crippen LogP contribution in [0.3, 0.4) is 0 Å². The highest BCUT2D eigenvalue weighted by Crippen LogP contribution is 2.14. The molecule has 0 saturated carbocycles. The van der Waals surface area contributed by atoms with Crippen LogP contribution in [-0.2, 0) is 6.54 Å². The number of benzene rings is 1. The van der Waals surface area contributed by atoms with E-state index in [2.05, 4.69) is 55.2 Å². The number of nitrogens with two attached hydrogens (primary N) is 1. The standard InChI is InChI=1S/C12H21N3/c1-14(2)7-8-15(3)12-6-4-5-11(9-12)10-13/h4-6,9H,7-8,10,13H2,1-3H3. The lowest BCUT2D eigenvalue weighted by molar-refractivity contribution is 0.416. The Morgan fingerprint density at radius 2 is 1.87 bits per heavy atom. The molecule has 0 radical (unpaired) electrons. The van der Waals surface area contributed by atoms with Crippen molar-refractivity contribution in [1.29, 1.82) is 0 Å². The van der Waals surface area contributed by atoms with Gasteiger partial charge in [-0.3, -0.25) is 0 Å². The van der Waals surface area contributed by atoms with Gasteiger partial charge in [-0.15, -0.1) is 0 Å². The Labute approximate surface area is 92.5 Å². The largest absolute Gasteiger partial charge is 0.373 e. The quantitative estimate of drug-likeness (QED) is 0.786. The van der Waals surface area contributed by atoms with Crippen molar-refractivity contribution < 1.29 is 0 Å². The third-order valence-corrected chi connectivity index (χ3v) is 2.47. The molecule has 84 valence electrons. The van der Waals surface area contributed by atoms with Gasteiger partial charge in [0.1, 0.15) is 0 Å². The second-order valence-corrected chi connectivity index (χ2v) is 4.10. The van der Waals surface area contributed by atoms with Gasteiger partial charge in [-0.2, -0.15) is 0 Å². The summed E-state index contributed by atoms with van der Waals surface area (Å²) in [4.78, 5) is 4.43. The molecule has 0 amide bonds. The minimum atomic E-state index is 0.607. The molecule has 3 heteroatoms. The zero-order valence-electron chi connectivity index (χ0n) is 9.90. The van der Waals surface area contributed by atoms with Crippen molar-refractivity contribution in [2.24, 2.45) is 5.73 Å². The molecular formula is C12H21N3. The van der Waals surface area contributed by atoms with Gasteiger partial charge in [0.15, 0.2) is 0 Å². The molecule has 0 aliphatic rings. The van der Waals surface area contributed by atoms with E-state index in [1.165, 1.54) is 11.3 Å². The molecule has 0 saturated heterocycles. The molecule has 0 atom stereocenters. The zero-order chi connectivity index (χ0) is 11.3. The fourth-order valence-corrected chi connectivity index (χ4v) is 1.40. The second kappa shape index (κ2) is 5.73. The first kappa shape index (κ1) is 12.0. The summed E-state index contributed by atoms with van der Waals surface area (Å²) in [7, 11) is 6.29. The molecular weight excluding hydrogens is 186 g/mol. The minimum absolute atomic E-state index is 0.607. The van der Waals surface area contributed by atoms with Crippen molar-refractivity contribution in [3.8, 4) is 0 Å². The summed E-state index contributed by atoms with van der Waals surface area (Å²) in [5.74, 6) is 0. The molecule has 0 aliphatic carbocycles. The summed E-state index contributed by atoms with van der Waals surface area (Å²) in [6.07, 6.45) is 0. The van der Waals surface area contributed by atoms with E-state index in [0.29, 0.717) is 6.54 Å². The first-order valence-electron chi connectivity index (χ1n) is 5.28. The van der Waals surface area contributed by atoms with E-state index in [9.17, 15) is 0 Å². The average molecular weight is 207 g/mol. The van der Waals surface area contributed by atoms with Crippen molar-refractivity contribution in [2.45, 2.75) is 6.54 Å². The normalized spacial score (nSPS) is 10.7. The van der Waals surface area contributed by atoms with E-state index in [-0.39, 0.29) is 0 Å². The highest BCUT2D eigenvalue weighted by molar-refractivity contribution is 5.47. The SMILES string of the molecule is CN(C)CCN(C)c1cccc(CN)c1. The number of hydrogen-bond donors (Lipinski definition) is 1. The van der Waals surface area contributed by atoms with E-state index < -0.39 is 0 Å². The summed E-state index contributed by atoms with van der Waals surface area (Å²) in [5.41, 5.74) is 8.03. The van der Waals surface area contributed by atoms with Crippen molar-refractivity contribution in [3.05, 3.63) is 29.8 Å². The number of nitrogens with zero attached hydrogens (tertiary/aromatic N) is 2. The van der Waals surface area contributed by atoms with Crippen molar-refractivity contribution in [1.82, 2.24) is 4.90 Å². The Hall–Kier alpha value is -1.06. The lowest BCUT2D eigenvalue weighted by Crippen LogP contribution is -2.28. The van der Waals surface area contributed by atoms with Crippen LogP contribution in [0.15, 0.2) is 24.3 Å². The Morgan fingerprint density at radius 1 is 1.13 bits per heavy atom. The van der Waals surface area contributed by atoms with Crippen LogP contribution in [-0.4, -0.2) is 39.1 Å². The lowest BCUT2D eigenvalue weighted by Gasteiger charge is -2.22. The van der Waals surface area contributed by atoms with Gasteiger partial charge in [-0.1, -0.05) is 12.1 Å². The fraction of sp³-hybridized carbons (Fsp3) is 0.500. The molecule has 0 unspecified atom stereocenters. The minimum Gasteiger partial charge on any atom is -0.373 e. The van der Waals surface area contributed by atoms with Crippen molar-refractivity contribution >= 4 is 5.69 Å². The highest BCUT2D eigenvalue weighted by atomic mass is 15.1. The van der Waals surface area contributed by atoms with Gasteiger partial charge in [0.25, 0.3) is 0 Å². The molecule has 1 aromatic rings. The van der Waals surface area contributed by atoms with Crippen LogP contribution < -0.4 is 10.6 Å².